The monoisotopic (exact) mass is 274 g/mol. The largest absolute Gasteiger partial charge is 0.478 e. The van der Waals surface area contributed by atoms with E-state index in [-0.39, 0.29) is 16.2 Å². The van der Waals surface area contributed by atoms with Crippen LogP contribution >= 0.6 is 11.8 Å². The van der Waals surface area contributed by atoms with Crippen LogP contribution in [0.1, 0.15) is 15.9 Å². The number of rotatable bonds is 3. The summed E-state index contributed by atoms with van der Waals surface area (Å²) in [7, 11) is 0. The Morgan fingerprint density at radius 2 is 2.21 bits per heavy atom. The van der Waals surface area contributed by atoms with E-state index in [4.69, 9.17) is 10.4 Å². The molecule has 0 radical (unpaired) electrons. The minimum Gasteiger partial charge on any atom is -0.478 e. The topological polar surface area (TPSA) is 74.0 Å². The number of nitrogens with zero attached hydrogens (tertiary/aromatic N) is 2. The predicted octanol–water partition coefficient (Wildman–Crippen LogP) is 2.94. The molecule has 2 aromatic rings. The molecular weight excluding hydrogens is 267 g/mol. The molecule has 0 fully saturated rings. The van der Waals surface area contributed by atoms with Crippen molar-refractivity contribution >= 4 is 17.7 Å². The van der Waals surface area contributed by atoms with E-state index in [0.29, 0.717) is 4.90 Å². The van der Waals surface area contributed by atoms with Crippen LogP contribution in [0.4, 0.5) is 4.39 Å². The molecule has 1 heterocycles. The Balaban J connectivity index is 2.43. The Hall–Kier alpha value is -2.39. The Morgan fingerprint density at radius 1 is 1.42 bits per heavy atom. The van der Waals surface area contributed by atoms with Crippen molar-refractivity contribution in [2.45, 2.75) is 9.92 Å². The minimum absolute atomic E-state index is 0.0423. The van der Waals surface area contributed by atoms with Crippen LogP contribution in [0.3, 0.4) is 0 Å². The number of carboxylic acids is 1. The van der Waals surface area contributed by atoms with Crippen molar-refractivity contribution in [1.82, 2.24) is 4.98 Å². The number of aromatic carboxylic acids is 1. The number of carbonyl (C=O) groups is 1. The van der Waals surface area contributed by atoms with Crippen molar-refractivity contribution < 1.29 is 14.3 Å². The van der Waals surface area contributed by atoms with Gasteiger partial charge in [0.1, 0.15) is 16.9 Å². The van der Waals surface area contributed by atoms with Crippen LogP contribution in [0.2, 0.25) is 0 Å². The number of benzene rings is 1. The molecule has 1 aromatic carbocycles. The van der Waals surface area contributed by atoms with Gasteiger partial charge >= 0.3 is 5.97 Å². The highest BCUT2D eigenvalue weighted by molar-refractivity contribution is 7.99. The van der Waals surface area contributed by atoms with Crippen LogP contribution < -0.4 is 0 Å². The lowest BCUT2D eigenvalue weighted by molar-refractivity contribution is 0.0692. The molecule has 6 heteroatoms. The number of aromatic nitrogens is 1. The molecular formula is C13H7FN2O2S. The average Bonchev–Trinajstić information content (AvgIpc) is 2.41. The number of halogens is 1. The molecule has 94 valence electrons. The molecule has 2 rings (SSSR count). The van der Waals surface area contributed by atoms with Crippen molar-refractivity contribution in [3.8, 4) is 6.07 Å². The lowest BCUT2D eigenvalue weighted by Crippen LogP contribution is -2.00. The second-order valence-electron chi connectivity index (χ2n) is 3.52. The predicted molar refractivity (Wildman–Crippen MR) is 66.4 cm³/mol. The van der Waals surface area contributed by atoms with Gasteiger partial charge in [0, 0.05) is 11.1 Å². The van der Waals surface area contributed by atoms with Gasteiger partial charge in [-0.2, -0.15) is 5.26 Å². The molecule has 4 nitrogen and oxygen atoms in total. The summed E-state index contributed by atoms with van der Waals surface area (Å²) >= 11 is 1.02. The van der Waals surface area contributed by atoms with Gasteiger partial charge in [0.05, 0.1) is 11.1 Å². The van der Waals surface area contributed by atoms with E-state index < -0.39 is 11.8 Å². The van der Waals surface area contributed by atoms with Crippen LogP contribution in [0.5, 0.6) is 0 Å². The molecule has 0 unspecified atom stereocenters. The van der Waals surface area contributed by atoms with Gasteiger partial charge < -0.3 is 5.11 Å². The first-order valence-electron chi connectivity index (χ1n) is 5.17. The van der Waals surface area contributed by atoms with E-state index in [9.17, 15) is 9.18 Å². The van der Waals surface area contributed by atoms with E-state index in [1.165, 1.54) is 30.5 Å². The zero-order valence-electron chi connectivity index (χ0n) is 9.50. The van der Waals surface area contributed by atoms with Crippen LogP contribution in [0.25, 0.3) is 0 Å². The number of carboxylic acid groups (broad SMARTS) is 1. The lowest BCUT2D eigenvalue weighted by Gasteiger charge is -2.05. The summed E-state index contributed by atoms with van der Waals surface area (Å²) in [5.41, 5.74) is 0.188. The summed E-state index contributed by atoms with van der Waals surface area (Å²) in [6.07, 6.45) is 1.46. The minimum atomic E-state index is -1.10. The fourth-order valence-corrected chi connectivity index (χ4v) is 2.36. The summed E-state index contributed by atoms with van der Waals surface area (Å²) in [4.78, 5) is 15.5. The molecule has 0 aliphatic carbocycles. The highest BCUT2D eigenvalue weighted by Gasteiger charge is 2.14. The Kier molecular flexibility index (Phi) is 3.78. The molecule has 0 aliphatic heterocycles. The van der Waals surface area contributed by atoms with Crippen LogP contribution in [0.15, 0.2) is 46.5 Å². The third-order valence-electron chi connectivity index (χ3n) is 2.27. The van der Waals surface area contributed by atoms with Gasteiger partial charge in [-0.3, -0.25) is 0 Å². The van der Waals surface area contributed by atoms with Gasteiger partial charge in [-0.25, -0.2) is 14.2 Å². The Bertz CT molecular complexity index is 683. The van der Waals surface area contributed by atoms with E-state index in [1.54, 1.807) is 0 Å². The van der Waals surface area contributed by atoms with Crippen molar-refractivity contribution in [1.29, 1.82) is 5.26 Å². The van der Waals surface area contributed by atoms with Gasteiger partial charge in [-0.1, -0.05) is 11.8 Å². The summed E-state index contributed by atoms with van der Waals surface area (Å²) in [6.45, 7) is 0. The van der Waals surface area contributed by atoms with Crippen LogP contribution in [-0.4, -0.2) is 16.1 Å². The van der Waals surface area contributed by atoms with E-state index in [2.05, 4.69) is 4.98 Å². The molecule has 19 heavy (non-hydrogen) atoms. The second kappa shape index (κ2) is 5.50. The Morgan fingerprint density at radius 3 is 2.89 bits per heavy atom. The summed E-state index contributed by atoms with van der Waals surface area (Å²) in [5, 5.41) is 18.2. The SMILES string of the molecule is N#Cc1cc(F)ccc1Sc1ncccc1C(=O)O. The van der Waals surface area contributed by atoms with Gasteiger partial charge in [-0.05, 0) is 30.3 Å². The molecule has 0 aliphatic rings. The summed E-state index contributed by atoms with van der Waals surface area (Å²) in [6, 6.07) is 8.56. The number of hydrogen-bond donors (Lipinski definition) is 1. The van der Waals surface area contributed by atoms with Crippen molar-refractivity contribution in [2.75, 3.05) is 0 Å². The molecule has 0 atom stereocenters. The van der Waals surface area contributed by atoms with Gasteiger partial charge in [0.2, 0.25) is 0 Å². The third-order valence-corrected chi connectivity index (χ3v) is 3.36. The van der Waals surface area contributed by atoms with E-state index >= 15 is 0 Å². The average molecular weight is 274 g/mol. The highest BCUT2D eigenvalue weighted by atomic mass is 32.2. The van der Waals surface area contributed by atoms with Gasteiger partial charge in [0.15, 0.2) is 0 Å². The first-order chi connectivity index (χ1) is 9.11. The zero-order valence-corrected chi connectivity index (χ0v) is 10.3. The highest BCUT2D eigenvalue weighted by Crippen LogP contribution is 2.31. The maximum Gasteiger partial charge on any atom is 0.338 e. The summed E-state index contributed by atoms with van der Waals surface area (Å²) < 4.78 is 13.0. The number of nitriles is 1. The van der Waals surface area contributed by atoms with Crippen molar-refractivity contribution in [3.63, 3.8) is 0 Å². The fourth-order valence-electron chi connectivity index (χ4n) is 1.42. The second-order valence-corrected chi connectivity index (χ2v) is 4.55. The quantitative estimate of drug-likeness (QED) is 0.931. The molecule has 0 amide bonds. The van der Waals surface area contributed by atoms with Crippen LogP contribution in [0, 0.1) is 17.1 Å². The first kappa shape index (κ1) is 13.1. The standard InChI is InChI=1S/C13H7FN2O2S/c14-9-3-4-11(8(6-9)7-15)19-12-10(13(17)18)2-1-5-16-12/h1-6H,(H,17,18). The molecule has 0 saturated carbocycles. The smallest absolute Gasteiger partial charge is 0.338 e. The number of pyridine rings is 1. The van der Waals surface area contributed by atoms with Crippen molar-refractivity contribution in [2.24, 2.45) is 0 Å². The molecule has 0 saturated heterocycles. The Labute approximate surface area is 112 Å². The van der Waals surface area contributed by atoms with E-state index in [1.807, 2.05) is 6.07 Å². The lowest BCUT2D eigenvalue weighted by atomic mass is 10.2. The van der Waals surface area contributed by atoms with Gasteiger partial charge in [0.25, 0.3) is 0 Å². The molecule has 0 spiro atoms. The summed E-state index contributed by atoms with van der Waals surface area (Å²) in [5.74, 6) is -1.61. The normalized spacial score (nSPS) is 9.89. The van der Waals surface area contributed by atoms with Gasteiger partial charge in [-0.15, -0.1) is 0 Å². The first-order valence-corrected chi connectivity index (χ1v) is 5.99. The van der Waals surface area contributed by atoms with E-state index in [0.717, 1.165) is 17.8 Å². The molecule has 1 N–H and O–H groups in total. The fraction of sp³-hybridized carbons (Fsp3) is 0. The molecule has 0 bridgehead atoms. The molecule has 1 aromatic heterocycles. The maximum atomic E-state index is 13.0. The number of hydrogen-bond acceptors (Lipinski definition) is 4. The zero-order chi connectivity index (χ0) is 13.8. The third kappa shape index (κ3) is 2.89. The van der Waals surface area contributed by atoms with Crippen molar-refractivity contribution in [3.05, 3.63) is 53.5 Å². The maximum absolute atomic E-state index is 13.0. The van der Waals surface area contributed by atoms with Crippen LogP contribution in [-0.2, 0) is 0 Å².